The molecule has 3 rings (SSSR count). The molecule has 1 atom stereocenters. The van der Waals surface area contributed by atoms with Gasteiger partial charge < -0.3 is 25.0 Å². The molecule has 0 bridgehead atoms. The Labute approximate surface area is 218 Å². The molecule has 7 nitrogen and oxygen atoms in total. The van der Waals surface area contributed by atoms with Crippen LogP contribution in [-0.2, 0) is 5.92 Å². The number of carbonyl (C=O) groups is 1. The second kappa shape index (κ2) is 11.1. The molecule has 1 saturated heterocycles. The fourth-order valence-corrected chi connectivity index (χ4v) is 4.17. The number of alkyl halides is 5. The van der Waals surface area contributed by atoms with Crippen molar-refractivity contribution in [3.05, 3.63) is 62.0 Å². The number of carbonyl (C=O) groups excluding carboxylic acids is 1. The zero-order chi connectivity index (χ0) is 27.6. The number of aromatic amines is 1. The highest BCUT2D eigenvalue weighted by molar-refractivity contribution is 6.42. The molecule has 0 spiro atoms. The Morgan fingerprint density at radius 1 is 1.14 bits per heavy atom. The van der Waals surface area contributed by atoms with E-state index in [1.54, 1.807) is 18.2 Å². The van der Waals surface area contributed by atoms with Crippen LogP contribution in [0, 0.1) is 0 Å². The van der Waals surface area contributed by atoms with Crippen LogP contribution in [0.5, 0.6) is 5.75 Å². The van der Waals surface area contributed by atoms with Gasteiger partial charge in [-0.1, -0.05) is 23.2 Å². The van der Waals surface area contributed by atoms with Crippen LogP contribution in [-0.4, -0.2) is 65.0 Å². The maximum atomic E-state index is 13.9. The molecule has 1 amide bonds. The van der Waals surface area contributed by atoms with Gasteiger partial charge in [0, 0.05) is 38.3 Å². The number of hydrogen-bond acceptors (Lipinski definition) is 5. The van der Waals surface area contributed by atoms with Crippen molar-refractivity contribution in [2.24, 2.45) is 0 Å². The lowest BCUT2D eigenvalue weighted by molar-refractivity contribution is -0.291. The third-order valence-electron chi connectivity index (χ3n) is 5.76. The summed E-state index contributed by atoms with van der Waals surface area (Å²) in [4.78, 5) is 27.2. The summed E-state index contributed by atoms with van der Waals surface area (Å²) in [6, 6.07) is 6.18. The maximum Gasteiger partial charge on any atom is 0.459 e. The second-order valence-corrected chi connectivity index (χ2v) is 9.85. The van der Waals surface area contributed by atoms with E-state index < -0.39 is 47.0 Å². The van der Waals surface area contributed by atoms with E-state index in [0.717, 1.165) is 0 Å². The standard InChI is InChI=1S/C23H24Cl2F5N3O4/c1-21(36,12-33-8-6-13(7-9-33)37-14-2-4-16(24)17(25)10-14)11-31-20(35)15-3-5-18(34)32-19(15)22(26,27)23(28,29)30/h2-5,10,13,36H,6-9,11-12H2,1H3,(H,31,35)(H,32,34). The largest absolute Gasteiger partial charge is 0.490 e. The molecule has 1 aromatic carbocycles. The van der Waals surface area contributed by atoms with Gasteiger partial charge in [0.1, 0.15) is 17.5 Å². The van der Waals surface area contributed by atoms with E-state index in [-0.39, 0.29) is 12.6 Å². The van der Waals surface area contributed by atoms with E-state index in [4.69, 9.17) is 27.9 Å². The number of halogens is 7. The lowest BCUT2D eigenvalue weighted by atomic mass is 10.0. The summed E-state index contributed by atoms with van der Waals surface area (Å²) in [7, 11) is 0. The normalized spacial score (nSPS) is 17.3. The van der Waals surface area contributed by atoms with Crippen LogP contribution >= 0.6 is 23.2 Å². The number of pyridine rings is 1. The predicted molar refractivity (Wildman–Crippen MR) is 127 cm³/mol. The van der Waals surface area contributed by atoms with Crippen LogP contribution in [0.4, 0.5) is 22.0 Å². The van der Waals surface area contributed by atoms with Gasteiger partial charge >= 0.3 is 12.1 Å². The van der Waals surface area contributed by atoms with E-state index in [1.165, 1.54) is 11.9 Å². The molecule has 3 N–H and O–H groups in total. The molecule has 1 unspecified atom stereocenters. The Morgan fingerprint density at radius 2 is 1.78 bits per heavy atom. The molecule has 1 fully saturated rings. The average molecular weight is 572 g/mol. The van der Waals surface area contributed by atoms with Crippen molar-refractivity contribution in [1.82, 2.24) is 15.2 Å². The quantitative estimate of drug-likeness (QED) is 0.409. The van der Waals surface area contributed by atoms with Gasteiger partial charge in [-0.2, -0.15) is 22.0 Å². The predicted octanol–water partition coefficient (Wildman–Crippen LogP) is 4.36. The molecule has 0 aliphatic carbocycles. The lowest BCUT2D eigenvalue weighted by Crippen LogP contribution is -2.51. The SMILES string of the molecule is CC(O)(CNC(=O)c1ccc(=O)[nH]c1C(F)(F)C(F)(F)F)CN1CCC(Oc2ccc(Cl)c(Cl)c2)CC1. The van der Waals surface area contributed by atoms with Crippen molar-refractivity contribution >= 4 is 29.1 Å². The van der Waals surface area contributed by atoms with E-state index in [9.17, 15) is 36.6 Å². The summed E-state index contributed by atoms with van der Waals surface area (Å²) in [5, 5.41) is 13.7. The van der Waals surface area contributed by atoms with Gasteiger partial charge in [-0.05, 0) is 38.0 Å². The molecule has 1 aliphatic rings. The van der Waals surface area contributed by atoms with Crippen LogP contribution in [0.1, 0.15) is 35.8 Å². The van der Waals surface area contributed by atoms with Crippen LogP contribution in [0.2, 0.25) is 10.0 Å². The molecule has 37 heavy (non-hydrogen) atoms. The second-order valence-electron chi connectivity index (χ2n) is 9.03. The first-order valence-electron chi connectivity index (χ1n) is 11.1. The minimum Gasteiger partial charge on any atom is -0.490 e. The number of rotatable bonds is 8. The van der Waals surface area contributed by atoms with E-state index >= 15 is 0 Å². The molecule has 204 valence electrons. The monoisotopic (exact) mass is 571 g/mol. The van der Waals surface area contributed by atoms with Gasteiger partial charge in [-0.25, -0.2) is 0 Å². The maximum absolute atomic E-state index is 13.9. The third kappa shape index (κ3) is 7.34. The molecular formula is C23H24Cl2F5N3O4. The number of nitrogens with zero attached hydrogens (tertiary/aromatic N) is 1. The Hall–Kier alpha value is -2.41. The minimum absolute atomic E-state index is 0.0873. The number of amides is 1. The van der Waals surface area contributed by atoms with Crippen LogP contribution < -0.4 is 15.6 Å². The van der Waals surface area contributed by atoms with Crippen molar-refractivity contribution in [2.45, 2.75) is 43.6 Å². The first-order chi connectivity index (χ1) is 17.1. The highest BCUT2D eigenvalue weighted by Crippen LogP contribution is 2.43. The van der Waals surface area contributed by atoms with Crippen LogP contribution in [0.25, 0.3) is 0 Å². The van der Waals surface area contributed by atoms with E-state index in [0.29, 0.717) is 53.9 Å². The van der Waals surface area contributed by atoms with Gasteiger partial charge in [0.25, 0.3) is 5.91 Å². The Balaban J connectivity index is 1.56. The zero-order valence-electron chi connectivity index (χ0n) is 19.5. The number of piperidine rings is 1. The molecule has 14 heteroatoms. The summed E-state index contributed by atoms with van der Waals surface area (Å²) in [6.45, 7) is 2.12. The molecule has 1 aliphatic heterocycles. The lowest BCUT2D eigenvalue weighted by Gasteiger charge is -2.36. The zero-order valence-corrected chi connectivity index (χ0v) is 21.0. The number of benzene rings is 1. The Bertz CT molecular complexity index is 1180. The minimum atomic E-state index is -6.03. The Morgan fingerprint density at radius 3 is 2.38 bits per heavy atom. The Kier molecular flexibility index (Phi) is 8.78. The summed E-state index contributed by atoms with van der Waals surface area (Å²) in [6.07, 6.45) is -4.90. The van der Waals surface area contributed by atoms with Crippen LogP contribution in [0.3, 0.4) is 0 Å². The van der Waals surface area contributed by atoms with Gasteiger partial charge in [0.15, 0.2) is 0 Å². The highest BCUT2D eigenvalue weighted by Gasteiger charge is 2.61. The number of ether oxygens (including phenoxy) is 1. The molecule has 0 saturated carbocycles. The van der Waals surface area contributed by atoms with E-state index in [1.807, 2.05) is 4.90 Å². The van der Waals surface area contributed by atoms with Gasteiger partial charge in [-0.3, -0.25) is 9.59 Å². The fraction of sp³-hybridized carbons (Fsp3) is 0.478. The van der Waals surface area contributed by atoms with Crippen molar-refractivity contribution in [3.63, 3.8) is 0 Å². The topological polar surface area (TPSA) is 94.7 Å². The number of aromatic nitrogens is 1. The molecule has 2 heterocycles. The first kappa shape index (κ1) is 29.2. The number of nitrogens with one attached hydrogen (secondary N) is 2. The van der Waals surface area contributed by atoms with Gasteiger partial charge in [-0.15, -0.1) is 0 Å². The highest BCUT2D eigenvalue weighted by atomic mass is 35.5. The van der Waals surface area contributed by atoms with Crippen molar-refractivity contribution in [2.75, 3.05) is 26.2 Å². The summed E-state index contributed by atoms with van der Waals surface area (Å²) >= 11 is 11.9. The fourth-order valence-electron chi connectivity index (χ4n) is 3.88. The number of H-pyrrole nitrogens is 1. The van der Waals surface area contributed by atoms with Crippen molar-refractivity contribution < 1.29 is 36.6 Å². The third-order valence-corrected chi connectivity index (χ3v) is 6.50. The number of hydrogen-bond donors (Lipinski definition) is 3. The number of aliphatic hydroxyl groups is 1. The molecule has 0 radical (unpaired) electrons. The number of likely N-dealkylation sites (tertiary alicyclic amines) is 1. The first-order valence-corrected chi connectivity index (χ1v) is 11.9. The van der Waals surface area contributed by atoms with Gasteiger partial charge in [0.05, 0.1) is 21.2 Å². The summed E-state index contributed by atoms with van der Waals surface area (Å²) < 4.78 is 72.2. The number of β-amino-alcohol motifs (C(OH)–C–C–N with tert-alkyl or cyclic N) is 1. The molecular weight excluding hydrogens is 548 g/mol. The summed E-state index contributed by atoms with van der Waals surface area (Å²) in [5.74, 6) is -6.20. The molecule has 1 aromatic heterocycles. The summed E-state index contributed by atoms with van der Waals surface area (Å²) in [5.41, 5.74) is -5.69. The smallest absolute Gasteiger partial charge is 0.459 e. The average Bonchev–Trinajstić information content (AvgIpc) is 2.80. The van der Waals surface area contributed by atoms with Crippen LogP contribution in [0.15, 0.2) is 35.1 Å². The van der Waals surface area contributed by atoms with Crippen molar-refractivity contribution in [3.8, 4) is 5.75 Å². The van der Waals surface area contributed by atoms with Gasteiger partial charge in [0.2, 0.25) is 5.56 Å². The molecule has 2 aromatic rings. The van der Waals surface area contributed by atoms with Crippen molar-refractivity contribution in [1.29, 1.82) is 0 Å². The van der Waals surface area contributed by atoms with E-state index in [2.05, 4.69) is 5.32 Å².